The molecule has 0 aliphatic heterocycles. The zero-order chi connectivity index (χ0) is 16.2. The second-order valence-electron chi connectivity index (χ2n) is 4.24. The normalized spacial score (nSPS) is 10.5. The van der Waals surface area contributed by atoms with Crippen molar-refractivity contribution in [3.63, 3.8) is 0 Å². The van der Waals surface area contributed by atoms with E-state index in [0.717, 1.165) is 6.42 Å². The van der Waals surface area contributed by atoms with Crippen molar-refractivity contribution in [1.82, 2.24) is 5.32 Å². The van der Waals surface area contributed by atoms with Gasteiger partial charge in [0.25, 0.3) is 0 Å². The molecule has 1 aromatic rings. The van der Waals surface area contributed by atoms with Crippen molar-refractivity contribution in [2.24, 2.45) is 0 Å². The van der Waals surface area contributed by atoms with Crippen molar-refractivity contribution in [3.8, 4) is 5.75 Å². The molecule has 1 aromatic carbocycles. The highest BCUT2D eigenvalue weighted by atomic mass is 32.1. The van der Waals surface area contributed by atoms with E-state index in [0.29, 0.717) is 37.2 Å². The fraction of sp³-hybridized carbons (Fsp3) is 0.500. The maximum Gasteiger partial charge on any atom is 0.387 e. The smallest absolute Gasteiger partial charge is 0.387 e. The molecule has 0 amide bonds. The van der Waals surface area contributed by atoms with Crippen LogP contribution in [-0.4, -0.2) is 45.2 Å². The van der Waals surface area contributed by atoms with Crippen LogP contribution in [0.25, 0.3) is 0 Å². The highest BCUT2D eigenvalue weighted by Gasteiger charge is 2.04. The zero-order valence-corrected chi connectivity index (χ0v) is 13.1. The average molecular weight is 334 g/mol. The van der Waals surface area contributed by atoms with Crippen molar-refractivity contribution in [1.29, 1.82) is 0 Å². The number of ether oxygens (including phenoxy) is 3. The second kappa shape index (κ2) is 11.1. The summed E-state index contributed by atoms with van der Waals surface area (Å²) in [4.78, 5) is 0. The second-order valence-corrected chi connectivity index (χ2v) is 4.65. The van der Waals surface area contributed by atoms with Crippen LogP contribution in [-0.2, 0) is 9.47 Å². The molecule has 0 aliphatic rings. The molecule has 0 aliphatic carbocycles. The summed E-state index contributed by atoms with van der Waals surface area (Å²) in [5.74, 6) is 0.104. The lowest BCUT2D eigenvalue weighted by Gasteiger charge is -2.11. The van der Waals surface area contributed by atoms with Crippen LogP contribution in [0.15, 0.2) is 24.3 Å². The van der Waals surface area contributed by atoms with Gasteiger partial charge in [-0.2, -0.15) is 8.78 Å². The van der Waals surface area contributed by atoms with Crippen LogP contribution >= 0.6 is 12.2 Å². The molecule has 0 fully saturated rings. The predicted molar refractivity (Wildman–Crippen MR) is 84.6 cm³/mol. The Balaban J connectivity index is 2.16. The number of benzene rings is 1. The maximum absolute atomic E-state index is 12.0. The summed E-state index contributed by atoms with van der Waals surface area (Å²) in [6, 6.07) is 6.11. The first-order chi connectivity index (χ1) is 10.6. The molecular weight excluding hydrogens is 314 g/mol. The van der Waals surface area contributed by atoms with E-state index in [1.54, 1.807) is 19.2 Å². The van der Waals surface area contributed by atoms with E-state index in [1.165, 1.54) is 12.1 Å². The fourth-order valence-corrected chi connectivity index (χ4v) is 1.74. The van der Waals surface area contributed by atoms with E-state index < -0.39 is 6.61 Å². The van der Waals surface area contributed by atoms with E-state index >= 15 is 0 Å². The van der Waals surface area contributed by atoms with Crippen LogP contribution < -0.4 is 15.4 Å². The Morgan fingerprint density at radius 3 is 2.55 bits per heavy atom. The van der Waals surface area contributed by atoms with Gasteiger partial charge in [-0.05, 0) is 42.9 Å². The van der Waals surface area contributed by atoms with Crippen LogP contribution in [0.5, 0.6) is 5.75 Å². The van der Waals surface area contributed by atoms with Gasteiger partial charge in [0.05, 0.1) is 13.2 Å². The molecule has 2 N–H and O–H groups in total. The van der Waals surface area contributed by atoms with Gasteiger partial charge in [-0.25, -0.2) is 0 Å². The van der Waals surface area contributed by atoms with Crippen molar-refractivity contribution >= 4 is 23.0 Å². The van der Waals surface area contributed by atoms with Gasteiger partial charge in [-0.1, -0.05) is 0 Å². The highest BCUT2D eigenvalue weighted by molar-refractivity contribution is 7.80. The van der Waals surface area contributed by atoms with Crippen LogP contribution in [0, 0.1) is 0 Å². The molecule has 0 saturated heterocycles. The fourth-order valence-electron chi connectivity index (χ4n) is 1.52. The Labute approximate surface area is 133 Å². The van der Waals surface area contributed by atoms with Gasteiger partial charge in [0.2, 0.25) is 0 Å². The van der Waals surface area contributed by atoms with E-state index in [4.69, 9.17) is 21.7 Å². The minimum Gasteiger partial charge on any atom is -0.435 e. The molecule has 22 heavy (non-hydrogen) atoms. The molecule has 0 saturated carbocycles. The van der Waals surface area contributed by atoms with Crippen LogP contribution in [0.3, 0.4) is 0 Å². The molecule has 1 rings (SSSR count). The number of alkyl halides is 2. The minimum absolute atomic E-state index is 0.104. The summed E-state index contributed by atoms with van der Waals surface area (Å²) in [6.07, 6.45) is 0.812. The number of halogens is 2. The molecular formula is C14H20F2N2O3S. The number of hydrogen-bond donors (Lipinski definition) is 2. The van der Waals surface area contributed by atoms with Gasteiger partial charge in [0, 0.05) is 25.9 Å². The van der Waals surface area contributed by atoms with Crippen LogP contribution in [0.4, 0.5) is 14.5 Å². The lowest BCUT2D eigenvalue weighted by Crippen LogP contribution is -2.29. The SMILES string of the molecule is COCCOCCCNC(=S)Nc1ccc(OC(F)F)cc1. The minimum atomic E-state index is -2.83. The molecule has 0 bridgehead atoms. The van der Waals surface area contributed by atoms with Crippen LogP contribution in [0.1, 0.15) is 6.42 Å². The molecule has 0 heterocycles. The molecule has 5 nitrogen and oxygen atoms in total. The van der Waals surface area contributed by atoms with Crippen molar-refractivity contribution in [2.75, 3.05) is 38.8 Å². The monoisotopic (exact) mass is 334 g/mol. The highest BCUT2D eigenvalue weighted by Crippen LogP contribution is 2.17. The summed E-state index contributed by atoms with van der Waals surface area (Å²) in [7, 11) is 1.63. The average Bonchev–Trinajstić information content (AvgIpc) is 2.48. The molecule has 124 valence electrons. The topological polar surface area (TPSA) is 51.8 Å². The van der Waals surface area contributed by atoms with Crippen molar-refractivity contribution < 1.29 is 23.0 Å². The third kappa shape index (κ3) is 8.71. The van der Waals surface area contributed by atoms with E-state index in [2.05, 4.69) is 15.4 Å². The van der Waals surface area contributed by atoms with Gasteiger partial charge < -0.3 is 24.8 Å². The first-order valence-corrected chi connectivity index (χ1v) is 7.19. The number of methoxy groups -OCH3 is 1. The third-order valence-corrected chi connectivity index (χ3v) is 2.77. The quantitative estimate of drug-likeness (QED) is 0.507. The van der Waals surface area contributed by atoms with Gasteiger partial charge in [-0.15, -0.1) is 0 Å². The predicted octanol–water partition coefficient (Wildman–Crippen LogP) is 2.63. The first kappa shape index (κ1) is 18.5. The maximum atomic E-state index is 12.0. The first-order valence-electron chi connectivity index (χ1n) is 6.78. The van der Waals surface area contributed by atoms with E-state index in [1.807, 2.05) is 0 Å². The standard InChI is InChI=1S/C14H20F2N2O3S/c1-19-9-10-20-8-2-7-17-14(22)18-11-3-5-12(6-4-11)21-13(15)16/h3-6,13H,2,7-10H2,1H3,(H2,17,18,22). The summed E-state index contributed by atoms with van der Waals surface area (Å²) < 4.78 is 38.5. The van der Waals surface area contributed by atoms with Crippen LogP contribution in [0.2, 0.25) is 0 Å². The van der Waals surface area contributed by atoms with Gasteiger partial charge in [-0.3, -0.25) is 0 Å². The van der Waals surface area contributed by atoms with E-state index in [9.17, 15) is 8.78 Å². The Hall–Kier alpha value is -1.51. The molecule has 0 atom stereocenters. The number of rotatable bonds is 10. The molecule has 0 unspecified atom stereocenters. The van der Waals surface area contributed by atoms with Crippen molar-refractivity contribution in [2.45, 2.75) is 13.0 Å². The number of anilines is 1. The number of nitrogens with one attached hydrogen (secondary N) is 2. The largest absolute Gasteiger partial charge is 0.435 e. The molecule has 0 radical (unpaired) electrons. The zero-order valence-electron chi connectivity index (χ0n) is 12.3. The van der Waals surface area contributed by atoms with E-state index in [-0.39, 0.29) is 5.75 Å². The lowest BCUT2D eigenvalue weighted by molar-refractivity contribution is -0.0498. The Morgan fingerprint density at radius 2 is 1.91 bits per heavy atom. The number of thiocarbonyl (C=S) groups is 1. The summed E-state index contributed by atoms with van der Waals surface area (Å²) >= 11 is 5.12. The number of hydrogen-bond acceptors (Lipinski definition) is 4. The summed E-state index contributed by atoms with van der Waals surface area (Å²) in [6.45, 7) is -0.373. The van der Waals surface area contributed by atoms with Gasteiger partial charge >= 0.3 is 6.61 Å². The molecule has 8 heteroatoms. The Morgan fingerprint density at radius 1 is 1.18 bits per heavy atom. The van der Waals surface area contributed by atoms with Crippen molar-refractivity contribution in [3.05, 3.63) is 24.3 Å². The molecule has 0 spiro atoms. The lowest BCUT2D eigenvalue weighted by atomic mass is 10.3. The summed E-state index contributed by atoms with van der Waals surface area (Å²) in [5.41, 5.74) is 0.690. The third-order valence-electron chi connectivity index (χ3n) is 2.52. The van der Waals surface area contributed by atoms with Gasteiger partial charge in [0.15, 0.2) is 5.11 Å². The Kier molecular flexibility index (Phi) is 9.36. The summed E-state index contributed by atoms with van der Waals surface area (Å²) in [5, 5.41) is 6.43. The molecule has 0 aromatic heterocycles. The Bertz CT molecular complexity index is 433. The van der Waals surface area contributed by atoms with Gasteiger partial charge in [0.1, 0.15) is 5.75 Å².